The molecule has 0 bridgehead atoms. The van der Waals surface area contributed by atoms with Crippen LogP contribution in [0.3, 0.4) is 0 Å². The zero-order valence-corrected chi connectivity index (χ0v) is 15.4. The van der Waals surface area contributed by atoms with E-state index in [2.05, 4.69) is 33.9 Å². The van der Waals surface area contributed by atoms with Crippen molar-refractivity contribution in [3.05, 3.63) is 35.3 Å². The molecule has 0 spiro atoms. The normalized spacial score (nSPS) is 11.3. The van der Waals surface area contributed by atoms with Crippen molar-refractivity contribution >= 4 is 54.2 Å². The number of carbonyl (C=O) groups excluding carboxylic acids is 1. The molecule has 0 saturated carbocycles. The molecule has 3 aromatic heterocycles. The Morgan fingerprint density at radius 1 is 1.28 bits per heavy atom. The summed E-state index contributed by atoms with van der Waals surface area (Å²) in [4.78, 5) is 20.8. The Labute approximate surface area is 152 Å². The highest BCUT2D eigenvalue weighted by Crippen LogP contribution is 2.35. The zero-order chi connectivity index (χ0) is 17.4. The Morgan fingerprint density at radius 3 is 2.88 bits per heavy atom. The van der Waals surface area contributed by atoms with Gasteiger partial charge in [0.15, 0.2) is 5.13 Å². The zero-order valence-electron chi connectivity index (χ0n) is 13.8. The van der Waals surface area contributed by atoms with Crippen molar-refractivity contribution in [2.24, 2.45) is 0 Å². The number of ether oxygens (including phenoxy) is 1. The molecule has 0 aliphatic rings. The van der Waals surface area contributed by atoms with E-state index in [1.54, 1.807) is 23.6 Å². The van der Waals surface area contributed by atoms with Crippen molar-refractivity contribution in [2.75, 3.05) is 18.0 Å². The number of aromatic amines is 1. The Hall–Kier alpha value is -2.45. The first-order chi connectivity index (χ1) is 12.2. The molecule has 128 valence electrons. The summed E-state index contributed by atoms with van der Waals surface area (Å²) in [7, 11) is 0. The van der Waals surface area contributed by atoms with Gasteiger partial charge in [0.2, 0.25) is 0 Å². The maximum Gasteiger partial charge on any atom is 0.353 e. The van der Waals surface area contributed by atoms with Crippen LogP contribution in [0.15, 0.2) is 30.5 Å². The molecule has 0 amide bonds. The molecular formula is C17H16N4O2S2. The standard InChI is InChI=1S/C17H16N4O2S2/c1-3-21(4-2)17-19-15-13(25-17)8-14(24-15)16(22)23-12-7-5-6-11-10(12)9-18-20-11/h5-9H,3-4H2,1-2H3,(H,18,20). The summed E-state index contributed by atoms with van der Waals surface area (Å²) in [6, 6.07) is 7.35. The lowest BCUT2D eigenvalue weighted by atomic mass is 10.2. The summed E-state index contributed by atoms with van der Waals surface area (Å²) < 4.78 is 6.58. The van der Waals surface area contributed by atoms with Crippen molar-refractivity contribution in [2.45, 2.75) is 13.8 Å². The molecule has 0 saturated heterocycles. The molecule has 4 aromatic rings. The van der Waals surface area contributed by atoms with E-state index in [-0.39, 0.29) is 5.97 Å². The second kappa shape index (κ2) is 6.45. The minimum atomic E-state index is -0.367. The van der Waals surface area contributed by atoms with Crippen LogP contribution >= 0.6 is 22.7 Å². The first kappa shape index (κ1) is 16.0. The molecule has 0 radical (unpaired) electrons. The molecular weight excluding hydrogens is 356 g/mol. The number of nitrogens with zero attached hydrogens (tertiary/aromatic N) is 3. The molecule has 0 fully saturated rings. The van der Waals surface area contributed by atoms with Gasteiger partial charge in [-0.05, 0) is 32.0 Å². The van der Waals surface area contributed by atoms with Crippen molar-refractivity contribution in [3.8, 4) is 5.75 Å². The van der Waals surface area contributed by atoms with Gasteiger partial charge in [0, 0.05) is 13.1 Å². The third kappa shape index (κ3) is 2.87. The second-order valence-electron chi connectivity index (χ2n) is 5.43. The molecule has 3 heterocycles. The van der Waals surface area contributed by atoms with Crippen LogP contribution < -0.4 is 9.64 Å². The first-order valence-corrected chi connectivity index (χ1v) is 9.62. The molecule has 6 nitrogen and oxygen atoms in total. The van der Waals surface area contributed by atoms with Crippen molar-refractivity contribution in [1.29, 1.82) is 0 Å². The minimum Gasteiger partial charge on any atom is -0.422 e. The number of rotatable bonds is 5. The van der Waals surface area contributed by atoms with Crippen LogP contribution in [0.25, 0.3) is 20.4 Å². The summed E-state index contributed by atoms with van der Waals surface area (Å²) in [5, 5.41) is 8.63. The fourth-order valence-corrected chi connectivity index (χ4v) is 4.85. The largest absolute Gasteiger partial charge is 0.422 e. The Balaban J connectivity index is 1.60. The average molecular weight is 372 g/mol. The number of anilines is 1. The van der Waals surface area contributed by atoms with Gasteiger partial charge in [0.1, 0.15) is 15.5 Å². The third-order valence-corrected chi connectivity index (χ3v) is 6.16. The maximum atomic E-state index is 12.5. The summed E-state index contributed by atoms with van der Waals surface area (Å²) in [6.45, 7) is 6.05. The Bertz CT molecular complexity index is 1010. The van der Waals surface area contributed by atoms with E-state index in [1.807, 2.05) is 18.2 Å². The van der Waals surface area contributed by atoms with E-state index in [1.165, 1.54) is 11.3 Å². The number of esters is 1. The molecule has 8 heteroatoms. The molecule has 25 heavy (non-hydrogen) atoms. The van der Waals surface area contributed by atoms with Gasteiger partial charge in [0.05, 0.1) is 21.8 Å². The highest BCUT2D eigenvalue weighted by molar-refractivity contribution is 7.29. The lowest BCUT2D eigenvalue weighted by molar-refractivity contribution is 0.0742. The monoisotopic (exact) mass is 372 g/mol. The van der Waals surface area contributed by atoms with Crippen molar-refractivity contribution in [3.63, 3.8) is 0 Å². The lowest BCUT2D eigenvalue weighted by Crippen LogP contribution is -2.21. The van der Waals surface area contributed by atoms with E-state index >= 15 is 0 Å². The van der Waals surface area contributed by atoms with Gasteiger partial charge in [-0.2, -0.15) is 5.10 Å². The van der Waals surface area contributed by atoms with E-state index in [9.17, 15) is 4.79 Å². The lowest BCUT2D eigenvalue weighted by Gasteiger charge is -2.16. The molecule has 4 rings (SSSR count). The number of carbonyl (C=O) groups is 1. The van der Waals surface area contributed by atoms with Gasteiger partial charge in [-0.25, -0.2) is 9.78 Å². The molecule has 0 atom stereocenters. The molecule has 1 aromatic carbocycles. The van der Waals surface area contributed by atoms with Crippen LogP contribution in [0.5, 0.6) is 5.75 Å². The molecule has 0 aliphatic heterocycles. The number of hydrogen-bond acceptors (Lipinski definition) is 7. The molecule has 1 N–H and O–H groups in total. The quantitative estimate of drug-likeness (QED) is 0.418. The van der Waals surface area contributed by atoms with Crippen LogP contribution in [0.2, 0.25) is 0 Å². The van der Waals surface area contributed by atoms with Crippen LogP contribution in [-0.2, 0) is 0 Å². The number of hydrogen-bond donors (Lipinski definition) is 1. The van der Waals surface area contributed by atoms with E-state index < -0.39 is 0 Å². The predicted octanol–water partition coefficient (Wildman–Crippen LogP) is 4.30. The van der Waals surface area contributed by atoms with Crippen LogP contribution in [-0.4, -0.2) is 34.2 Å². The highest BCUT2D eigenvalue weighted by atomic mass is 32.1. The van der Waals surface area contributed by atoms with Gasteiger partial charge >= 0.3 is 5.97 Å². The number of H-pyrrole nitrogens is 1. The van der Waals surface area contributed by atoms with Gasteiger partial charge in [-0.3, -0.25) is 5.10 Å². The van der Waals surface area contributed by atoms with Crippen molar-refractivity contribution < 1.29 is 9.53 Å². The topological polar surface area (TPSA) is 71.1 Å². The molecule has 0 aliphatic carbocycles. The fraction of sp³-hybridized carbons (Fsp3) is 0.235. The number of fused-ring (bicyclic) bond motifs is 2. The SMILES string of the molecule is CCN(CC)c1nc2sc(C(=O)Oc3cccc4[nH]ncc34)cc2s1. The number of thiazole rings is 1. The van der Waals surface area contributed by atoms with Gasteiger partial charge in [-0.15, -0.1) is 11.3 Å². The number of benzene rings is 1. The second-order valence-corrected chi connectivity index (χ2v) is 7.47. The number of thiophene rings is 1. The average Bonchev–Trinajstić information content (AvgIpc) is 3.30. The van der Waals surface area contributed by atoms with Crippen LogP contribution in [0, 0.1) is 0 Å². The van der Waals surface area contributed by atoms with Gasteiger partial charge in [0.25, 0.3) is 0 Å². The fourth-order valence-electron chi connectivity index (χ4n) is 2.63. The summed E-state index contributed by atoms with van der Waals surface area (Å²) in [6.07, 6.45) is 1.66. The van der Waals surface area contributed by atoms with Crippen LogP contribution in [0.4, 0.5) is 5.13 Å². The smallest absolute Gasteiger partial charge is 0.353 e. The van der Waals surface area contributed by atoms with Crippen LogP contribution in [0.1, 0.15) is 23.5 Å². The summed E-state index contributed by atoms with van der Waals surface area (Å²) in [5.41, 5.74) is 0.836. The van der Waals surface area contributed by atoms with E-state index in [0.29, 0.717) is 10.6 Å². The highest BCUT2D eigenvalue weighted by Gasteiger charge is 2.18. The predicted molar refractivity (Wildman–Crippen MR) is 102 cm³/mol. The van der Waals surface area contributed by atoms with Crippen molar-refractivity contribution in [1.82, 2.24) is 15.2 Å². The Kier molecular flexibility index (Phi) is 4.14. The Morgan fingerprint density at radius 2 is 2.12 bits per heavy atom. The van der Waals surface area contributed by atoms with Gasteiger partial charge in [-0.1, -0.05) is 17.4 Å². The van der Waals surface area contributed by atoms with E-state index in [4.69, 9.17) is 4.74 Å². The number of aromatic nitrogens is 3. The van der Waals surface area contributed by atoms with E-state index in [0.717, 1.165) is 38.7 Å². The van der Waals surface area contributed by atoms with Gasteiger partial charge < -0.3 is 9.64 Å². The minimum absolute atomic E-state index is 0.367. The number of nitrogens with one attached hydrogen (secondary N) is 1. The third-order valence-electron chi connectivity index (χ3n) is 3.96. The first-order valence-electron chi connectivity index (χ1n) is 7.99. The summed E-state index contributed by atoms with van der Waals surface area (Å²) >= 11 is 2.97. The maximum absolute atomic E-state index is 12.5. The summed E-state index contributed by atoms with van der Waals surface area (Å²) in [5.74, 6) is 0.137. The molecule has 0 unspecified atom stereocenters.